The first-order chi connectivity index (χ1) is 24.7. The molecular formula is C41H55Cl2FN4O3S. The lowest BCUT2D eigenvalue weighted by atomic mass is 9.45. The average molecular weight is 774 g/mol. The van der Waals surface area contributed by atoms with Crippen LogP contribution < -0.4 is 10.1 Å². The lowest BCUT2D eigenvalue weighted by Gasteiger charge is -2.62. The van der Waals surface area contributed by atoms with Crippen LogP contribution in [0, 0.1) is 29.0 Å². The first kappa shape index (κ1) is 39.5. The molecule has 7 rings (SSSR count). The van der Waals surface area contributed by atoms with Crippen molar-refractivity contribution in [2.75, 3.05) is 40.0 Å². The Morgan fingerprint density at radius 3 is 2.44 bits per heavy atom. The van der Waals surface area contributed by atoms with Crippen LogP contribution in [0.5, 0.6) is 5.75 Å². The number of halogens is 3. The monoisotopic (exact) mass is 772 g/mol. The Labute approximate surface area is 320 Å². The highest BCUT2D eigenvalue weighted by Gasteiger charge is 2.56. The second-order valence-electron chi connectivity index (χ2n) is 16.3. The number of nitrogens with zero attached hydrogens (tertiary/aromatic N) is 3. The fraction of sp³-hybridized carbons (Fsp3) is 0.561. The van der Waals surface area contributed by atoms with Gasteiger partial charge in [0.1, 0.15) is 0 Å². The number of sulfonamides is 1. The first-order valence-corrected chi connectivity index (χ1v) is 21.0. The van der Waals surface area contributed by atoms with E-state index < -0.39 is 15.8 Å². The molecule has 6 atom stereocenters. The Kier molecular flexibility index (Phi) is 12.3. The molecule has 3 saturated carbocycles. The van der Waals surface area contributed by atoms with E-state index in [0.717, 1.165) is 28.5 Å². The fourth-order valence-electron chi connectivity index (χ4n) is 9.21. The fourth-order valence-corrected chi connectivity index (χ4v) is 11.4. The Bertz CT molecular complexity index is 1830. The van der Waals surface area contributed by atoms with Crippen LogP contribution in [0.3, 0.4) is 0 Å². The number of nitrogens with one attached hydrogen (secondary N) is 1. The molecule has 0 spiro atoms. The van der Waals surface area contributed by atoms with Gasteiger partial charge in [0.2, 0.25) is 10.0 Å². The van der Waals surface area contributed by atoms with Gasteiger partial charge < -0.3 is 15.0 Å². The van der Waals surface area contributed by atoms with Crippen molar-refractivity contribution >= 4 is 33.2 Å². The highest BCUT2D eigenvalue weighted by molar-refractivity contribution is 7.89. The molecule has 0 aromatic heterocycles. The van der Waals surface area contributed by atoms with E-state index >= 15 is 4.39 Å². The SMILES string of the molecule is COc1ccc(Cl)c(CN(Cc2cccc(CN3C(CNC4CC5CC(C4C)C5(C)C)CCS3(=O)=O)c2)C(Cc2cccc(Cl)c2)CN(C)C)c1F. The summed E-state index contributed by atoms with van der Waals surface area (Å²) >= 11 is 13.0. The van der Waals surface area contributed by atoms with Gasteiger partial charge in [-0.3, -0.25) is 4.90 Å². The van der Waals surface area contributed by atoms with Gasteiger partial charge in [0.05, 0.1) is 12.9 Å². The smallest absolute Gasteiger partial charge is 0.214 e. The van der Waals surface area contributed by atoms with Crippen LogP contribution in [-0.4, -0.2) is 80.7 Å². The molecule has 2 bridgehead atoms. The second kappa shape index (κ2) is 16.2. The molecule has 1 aliphatic heterocycles. The van der Waals surface area contributed by atoms with Gasteiger partial charge in [-0.05, 0) is 104 Å². The van der Waals surface area contributed by atoms with E-state index in [4.69, 9.17) is 27.9 Å². The van der Waals surface area contributed by atoms with E-state index in [2.05, 4.69) is 54.1 Å². The van der Waals surface area contributed by atoms with Crippen molar-refractivity contribution in [3.8, 4) is 5.75 Å². The lowest BCUT2D eigenvalue weighted by molar-refractivity contribution is -0.115. The Balaban J connectivity index is 1.23. The number of likely N-dealkylation sites (N-methyl/N-ethyl adjacent to an activating group) is 1. The molecule has 0 radical (unpaired) electrons. The molecule has 1 N–H and O–H groups in total. The molecule has 11 heteroatoms. The van der Waals surface area contributed by atoms with E-state index in [-0.39, 0.29) is 30.1 Å². The van der Waals surface area contributed by atoms with Gasteiger partial charge >= 0.3 is 0 Å². The minimum atomic E-state index is -3.38. The van der Waals surface area contributed by atoms with Crippen LogP contribution >= 0.6 is 23.2 Å². The van der Waals surface area contributed by atoms with Gasteiger partial charge in [-0.15, -0.1) is 0 Å². The van der Waals surface area contributed by atoms with Crippen LogP contribution in [0.15, 0.2) is 60.7 Å². The van der Waals surface area contributed by atoms with Gasteiger partial charge in [-0.1, -0.05) is 80.4 Å². The number of benzene rings is 3. The third-order valence-electron chi connectivity index (χ3n) is 12.3. The molecule has 3 aliphatic carbocycles. The van der Waals surface area contributed by atoms with Crippen LogP contribution in [0.25, 0.3) is 0 Å². The van der Waals surface area contributed by atoms with Gasteiger partial charge in [0.15, 0.2) is 11.6 Å². The average Bonchev–Trinajstić information content (AvgIpc) is 3.37. The van der Waals surface area contributed by atoms with Gasteiger partial charge in [0, 0.05) is 66.5 Å². The Hall–Kier alpha value is -2.24. The number of ether oxygens (including phenoxy) is 1. The van der Waals surface area contributed by atoms with E-state index in [0.29, 0.717) is 72.0 Å². The quantitative estimate of drug-likeness (QED) is 0.170. The minimum Gasteiger partial charge on any atom is -0.494 e. The zero-order valence-electron chi connectivity index (χ0n) is 31.4. The standard InChI is InChI=1S/C41H55Cl2FN4O3S/c1-27-36-20-31(41(36,2)3)21-38(27)45-22-33-15-16-52(49,50)48(33)24-30-11-7-10-29(17-30)23-47(26-35-37(43)13-14-39(51-6)40(35)44)34(25-46(4)5)19-28-9-8-12-32(42)18-28/h7-14,17-18,27,31,33-34,36,38,45H,15-16,19-26H2,1-6H3. The summed E-state index contributed by atoms with van der Waals surface area (Å²) in [7, 11) is 2.13. The maximum absolute atomic E-state index is 15.8. The van der Waals surface area contributed by atoms with Crippen molar-refractivity contribution in [1.29, 1.82) is 0 Å². The molecule has 4 fully saturated rings. The van der Waals surface area contributed by atoms with Gasteiger partial charge in [-0.2, -0.15) is 4.31 Å². The van der Waals surface area contributed by atoms with Crippen LogP contribution in [-0.2, 0) is 36.1 Å². The largest absolute Gasteiger partial charge is 0.494 e. The highest BCUT2D eigenvalue weighted by atomic mass is 35.5. The molecule has 1 heterocycles. The maximum Gasteiger partial charge on any atom is 0.214 e. The highest BCUT2D eigenvalue weighted by Crippen LogP contribution is 2.61. The summed E-state index contributed by atoms with van der Waals surface area (Å²) in [6.45, 7) is 9.62. The molecule has 52 heavy (non-hydrogen) atoms. The summed E-state index contributed by atoms with van der Waals surface area (Å²) in [5.41, 5.74) is 3.82. The minimum absolute atomic E-state index is 0.0352. The number of hydrogen-bond donors (Lipinski definition) is 1. The molecule has 7 nitrogen and oxygen atoms in total. The zero-order valence-corrected chi connectivity index (χ0v) is 33.7. The van der Waals surface area contributed by atoms with E-state index in [1.54, 1.807) is 16.4 Å². The van der Waals surface area contributed by atoms with Crippen LogP contribution in [0.2, 0.25) is 10.0 Å². The summed E-state index contributed by atoms with van der Waals surface area (Å²) in [5, 5.41) is 4.83. The maximum atomic E-state index is 15.8. The predicted molar refractivity (Wildman–Crippen MR) is 210 cm³/mol. The van der Waals surface area contributed by atoms with Crippen LogP contribution in [0.4, 0.5) is 4.39 Å². The van der Waals surface area contributed by atoms with Crippen molar-refractivity contribution in [3.05, 3.63) is 98.8 Å². The second-order valence-corrected chi connectivity index (χ2v) is 19.2. The third-order valence-corrected chi connectivity index (χ3v) is 14.8. The van der Waals surface area contributed by atoms with Crippen molar-refractivity contribution < 1.29 is 17.5 Å². The summed E-state index contributed by atoms with van der Waals surface area (Å²) in [6.07, 6.45) is 3.80. The van der Waals surface area contributed by atoms with E-state index in [1.165, 1.54) is 20.0 Å². The molecular weight excluding hydrogens is 718 g/mol. The molecule has 4 aliphatic rings. The van der Waals surface area contributed by atoms with Crippen molar-refractivity contribution in [1.82, 2.24) is 19.4 Å². The Morgan fingerprint density at radius 2 is 1.75 bits per heavy atom. The molecule has 284 valence electrons. The zero-order chi connectivity index (χ0) is 37.4. The van der Waals surface area contributed by atoms with Crippen LogP contribution in [0.1, 0.15) is 62.3 Å². The number of methoxy groups -OCH3 is 1. The third kappa shape index (κ3) is 8.67. The van der Waals surface area contributed by atoms with Crippen molar-refractivity contribution in [3.63, 3.8) is 0 Å². The summed E-state index contributed by atoms with van der Waals surface area (Å²) in [4.78, 5) is 4.38. The number of fused-ring (bicyclic) bond motifs is 2. The summed E-state index contributed by atoms with van der Waals surface area (Å²) in [5.74, 6) is 1.91. The van der Waals surface area contributed by atoms with Crippen molar-refractivity contribution in [2.24, 2.45) is 23.2 Å². The summed E-state index contributed by atoms with van der Waals surface area (Å²) < 4.78 is 49.7. The Morgan fingerprint density at radius 1 is 1.02 bits per heavy atom. The normalized spacial score (nSPS) is 25.7. The van der Waals surface area contributed by atoms with E-state index in [1.807, 2.05) is 44.4 Å². The molecule has 3 aromatic carbocycles. The molecule has 0 amide bonds. The topological polar surface area (TPSA) is 65.1 Å². The van der Waals surface area contributed by atoms with E-state index in [9.17, 15) is 8.42 Å². The van der Waals surface area contributed by atoms with Crippen molar-refractivity contribution in [2.45, 2.75) is 84.2 Å². The summed E-state index contributed by atoms with van der Waals surface area (Å²) in [6, 6.07) is 19.5. The molecule has 6 unspecified atom stereocenters. The van der Waals surface area contributed by atoms with Gasteiger partial charge in [-0.25, -0.2) is 12.8 Å². The molecule has 3 aromatic rings. The number of rotatable bonds is 15. The lowest BCUT2D eigenvalue weighted by Crippen LogP contribution is -2.60. The number of hydrogen-bond acceptors (Lipinski definition) is 6. The predicted octanol–water partition coefficient (Wildman–Crippen LogP) is 7.88. The molecule has 1 saturated heterocycles. The van der Waals surface area contributed by atoms with Gasteiger partial charge in [0.25, 0.3) is 0 Å². The first-order valence-electron chi connectivity index (χ1n) is 18.6.